The second-order valence-electron chi connectivity index (χ2n) is 7.12. The van der Waals surface area contributed by atoms with Crippen molar-refractivity contribution in [3.8, 4) is 0 Å². The summed E-state index contributed by atoms with van der Waals surface area (Å²) in [6.07, 6.45) is 21.2. The second kappa shape index (κ2) is 16.1. The fraction of sp³-hybridized carbons (Fsp3) is 1.00. The lowest BCUT2D eigenvalue weighted by atomic mass is 10.2. The number of hydrogen-bond donors (Lipinski definition) is 0. The van der Waals surface area contributed by atoms with E-state index in [-0.39, 0.29) is 0 Å². The Bertz CT molecular complexity index is 244. The number of hydrogen-bond acceptors (Lipinski definition) is 1. The molecule has 0 unspecified atom stereocenters. The SMILES string of the molecule is CCCCCCCP(=O)(CCCCCC)CCCCCCC. The summed E-state index contributed by atoms with van der Waals surface area (Å²) < 4.78 is 13.2. The molecule has 0 amide bonds. The van der Waals surface area contributed by atoms with Gasteiger partial charge in [-0.3, -0.25) is 0 Å². The van der Waals surface area contributed by atoms with E-state index in [0.29, 0.717) is 0 Å². The van der Waals surface area contributed by atoms with Crippen molar-refractivity contribution < 1.29 is 4.57 Å². The third kappa shape index (κ3) is 13.9. The van der Waals surface area contributed by atoms with E-state index in [4.69, 9.17) is 0 Å². The van der Waals surface area contributed by atoms with Crippen molar-refractivity contribution >= 4 is 7.14 Å². The van der Waals surface area contributed by atoms with Crippen LogP contribution in [0.25, 0.3) is 0 Å². The molecule has 0 bridgehead atoms. The van der Waals surface area contributed by atoms with Gasteiger partial charge in [0.25, 0.3) is 0 Å². The van der Waals surface area contributed by atoms with Gasteiger partial charge in [-0.2, -0.15) is 0 Å². The summed E-state index contributed by atoms with van der Waals surface area (Å²) in [4.78, 5) is 0. The van der Waals surface area contributed by atoms with Crippen molar-refractivity contribution in [1.29, 1.82) is 0 Å². The molecule has 0 rings (SSSR count). The van der Waals surface area contributed by atoms with Gasteiger partial charge in [0.15, 0.2) is 0 Å². The highest BCUT2D eigenvalue weighted by Crippen LogP contribution is 2.48. The van der Waals surface area contributed by atoms with Crippen LogP contribution >= 0.6 is 7.14 Å². The molecule has 0 aliphatic rings. The molecule has 0 aromatic carbocycles. The molecule has 2 heteroatoms. The van der Waals surface area contributed by atoms with Crippen LogP contribution in [0.5, 0.6) is 0 Å². The van der Waals surface area contributed by atoms with Crippen LogP contribution in [0.4, 0.5) is 0 Å². The summed E-state index contributed by atoms with van der Waals surface area (Å²) in [5, 5.41) is 0. The highest BCUT2D eigenvalue weighted by Gasteiger charge is 2.20. The zero-order valence-electron chi connectivity index (χ0n) is 15.9. The van der Waals surface area contributed by atoms with Gasteiger partial charge in [0.2, 0.25) is 0 Å². The van der Waals surface area contributed by atoms with Gasteiger partial charge >= 0.3 is 0 Å². The standard InChI is InChI=1S/C20H43OP/c1-4-7-10-13-16-19-22(21,18-15-12-9-6-3)20-17-14-11-8-5-2/h4-20H2,1-3H3. The van der Waals surface area contributed by atoms with Gasteiger partial charge in [-0.05, 0) is 19.3 Å². The van der Waals surface area contributed by atoms with Crippen LogP contribution in [0, 0.1) is 0 Å². The lowest BCUT2D eigenvalue weighted by Crippen LogP contribution is -2.02. The molecule has 0 radical (unpaired) electrons. The maximum Gasteiger partial charge on any atom is 0.0877 e. The van der Waals surface area contributed by atoms with Crippen LogP contribution in [0.1, 0.15) is 111 Å². The molecule has 0 N–H and O–H groups in total. The maximum absolute atomic E-state index is 13.2. The van der Waals surface area contributed by atoms with E-state index in [9.17, 15) is 4.57 Å². The summed E-state index contributed by atoms with van der Waals surface area (Å²) in [6, 6.07) is 0. The lowest BCUT2D eigenvalue weighted by Gasteiger charge is -2.18. The summed E-state index contributed by atoms with van der Waals surface area (Å²) in [7, 11) is -1.86. The zero-order valence-corrected chi connectivity index (χ0v) is 16.8. The van der Waals surface area contributed by atoms with Gasteiger partial charge < -0.3 is 4.57 Å². The van der Waals surface area contributed by atoms with E-state index in [0.717, 1.165) is 18.5 Å². The van der Waals surface area contributed by atoms with Gasteiger partial charge in [0.1, 0.15) is 0 Å². The molecule has 0 saturated carbocycles. The number of unbranched alkanes of at least 4 members (excludes halogenated alkanes) is 11. The van der Waals surface area contributed by atoms with E-state index >= 15 is 0 Å². The van der Waals surface area contributed by atoms with Crippen LogP contribution in [0.3, 0.4) is 0 Å². The molecule has 0 aliphatic heterocycles. The Morgan fingerprint density at radius 2 is 0.727 bits per heavy atom. The van der Waals surface area contributed by atoms with Gasteiger partial charge in [0.05, 0.1) is 7.14 Å². The average molecular weight is 331 g/mol. The normalized spacial score (nSPS) is 12.0. The Kier molecular flexibility index (Phi) is 16.3. The molecule has 0 atom stereocenters. The smallest absolute Gasteiger partial charge is 0.0877 e. The van der Waals surface area contributed by atoms with Crippen LogP contribution < -0.4 is 0 Å². The molecule has 0 heterocycles. The van der Waals surface area contributed by atoms with Crippen LogP contribution in [0.15, 0.2) is 0 Å². The van der Waals surface area contributed by atoms with E-state index in [1.807, 2.05) is 0 Å². The fourth-order valence-electron chi connectivity index (χ4n) is 3.17. The second-order valence-corrected chi connectivity index (χ2v) is 10.6. The van der Waals surface area contributed by atoms with Crippen molar-refractivity contribution in [2.45, 2.75) is 111 Å². The molecule has 0 aromatic heterocycles. The molecule has 1 nitrogen and oxygen atoms in total. The van der Waals surface area contributed by atoms with Crippen LogP contribution in [-0.2, 0) is 4.57 Å². The van der Waals surface area contributed by atoms with Crippen molar-refractivity contribution in [2.24, 2.45) is 0 Å². The van der Waals surface area contributed by atoms with E-state index in [1.54, 1.807) is 0 Å². The predicted octanol–water partition coefficient (Wildman–Crippen LogP) is 7.87. The van der Waals surface area contributed by atoms with E-state index < -0.39 is 7.14 Å². The first kappa shape index (κ1) is 22.2. The van der Waals surface area contributed by atoms with Gasteiger partial charge in [0, 0.05) is 18.5 Å². The van der Waals surface area contributed by atoms with Crippen molar-refractivity contribution in [3.63, 3.8) is 0 Å². The number of rotatable bonds is 17. The molecular weight excluding hydrogens is 287 g/mol. The summed E-state index contributed by atoms with van der Waals surface area (Å²) in [6.45, 7) is 6.77. The molecule has 22 heavy (non-hydrogen) atoms. The molecule has 0 spiro atoms. The third-order valence-corrected chi connectivity index (χ3v) is 8.15. The fourth-order valence-corrected chi connectivity index (χ4v) is 6.24. The van der Waals surface area contributed by atoms with E-state index in [1.165, 1.54) is 89.9 Å². The Labute approximate surface area is 141 Å². The van der Waals surface area contributed by atoms with Crippen molar-refractivity contribution in [3.05, 3.63) is 0 Å². The quantitative estimate of drug-likeness (QED) is 0.196. The van der Waals surface area contributed by atoms with Crippen LogP contribution in [-0.4, -0.2) is 18.5 Å². The molecule has 0 fully saturated rings. The third-order valence-electron chi connectivity index (χ3n) is 4.76. The lowest BCUT2D eigenvalue weighted by molar-refractivity contribution is 0.559. The van der Waals surface area contributed by atoms with Gasteiger partial charge in [-0.15, -0.1) is 0 Å². The molecule has 0 saturated heterocycles. The minimum Gasteiger partial charge on any atom is -0.324 e. The van der Waals surface area contributed by atoms with Crippen molar-refractivity contribution in [2.75, 3.05) is 18.5 Å². The Hall–Kier alpha value is 0.230. The summed E-state index contributed by atoms with van der Waals surface area (Å²) >= 11 is 0. The van der Waals surface area contributed by atoms with Crippen molar-refractivity contribution in [1.82, 2.24) is 0 Å². The Morgan fingerprint density at radius 1 is 0.455 bits per heavy atom. The Morgan fingerprint density at radius 3 is 1.05 bits per heavy atom. The monoisotopic (exact) mass is 330 g/mol. The zero-order chi connectivity index (χ0) is 16.5. The molecule has 134 valence electrons. The van der Waals surface area contributed by atoms with Gasteiger partial charge in [-0.1, -0.05) is 91.4 Å². The first-order chi connectivity index (χ1) is 10.7. The van der Waals surface area contributed by atoms with E-state index in [2.05, 4.69) is 20.8 Å². The topological polar surface area (TPSA) is 17.1 Å². The predicted molar refractivity (Wildman–Crippen MR) is 104 cm³/mol. The largest absolute Gasteiger partial charge is 0.324 e. The van der Waals surface area contributed by atoms with Crippen LogP contribution in [0.2, 0.25) is 0 Å². The maximum atomic E-state index is 13.2. The molecule has 0 aromatic rings. The first-order valence-electron chi connectivity index (χ1n) is 10.3. The molecule has 0 aliphatic carbocycles. The summed E-state index contributed by atoms with van der Waals surface area (Å²) in [5.41, 5.74) is 0. The highest BCUT2D eigenvalue weighted by atomic mass is 31.2. The Balaban J connectivity index is 4.02. The highest BCUT2D eigenvalue weighted by molar-refractivity contribution is 7.63. The first-order valence-corrected chi connectivity index (χ1v) is 12.5. The minimum absolute atomic E-state index is 1.04. The van der Waals surface area contributed by atoms with Gasteiger partial charge in [-0.25, -0.2) is 0 Å². The minimum atomic E-state index is -1.86. The average Bonchev–Trinajstić information content (AvgIpc) is 2.51. The molecular formula is C20H43OP. The summed E-state index contributed by atoms with van der Waals surface area (Å²) in [5.74, 6) is 0.